The van der Waals surface area contributed by atoms with Gasteiger partial charge in [0.25, 0.3) is 0 Å². The van der Waals surface area contributed by atoms with E-state index in [4.69, 9.17) is 4.74 Å². The van der Waals surface area contributed by atoms with Crippen LogP contribution in [0.5, 0.6) is 0 Å². The third-order valence-electron chi connectivity index (χ3n) is 5.34. The van der Waals surface area contributed by atoms with Crippen molar-refractivity contribution < 1.29 is 19.1 Å². The fraction of sp³-hybridized carbons (Fsp3) is 0.650. The van der Waals surface area contributed by atoms with Gasteiger partial charge in [-0.2, -0.15) is 0 Å². The minimum Gasteiger partial charge on any atom is -0.461 e. The van der Waals surface area contributed by atoms with Gasteiger partial charge in [0.05, 0.1) is 12.6 Å². The number of nitrogens with zero attached hydrogens (tertiary/aromatic N) is 1. The number of ether oxygens (including phenoxy) is 1. The Balaban J connectivity index is 2.26. The number of Topliss-reactive ketones (excluding diaryl/α,β-unsaturated/α-hetero) is 1. The number of rotatable bonds is 7. The van der Waals surface area contributed by atoms with Gasteiger partial charge in [0.1, 0.15) is 5.69 Å². The molecule has 1 aromatic heterocycles. The second-order valence-electron chi connectivity index (χ2n) is 6.99. The van der Waals surface area contributed by atoms with Crippen molar-refractivity contribution >= 4 is 17.7 Å². The maximum absolute atomic E-state index is 13.1. The third kappa shape index (κ3) is 3.84. The van der Waals surface area contributed by atoms with E-state index < -0.39 is 12.0 Å². The highest BCUT2D eigenvalue weighted by Crippen LogP contribution is 2.28. The molecule has 0 aromatic carbocycles. The molecule has 1 atom stereocenters. The number of carbonyl (C=O) groups excluding carboxylic acids is 3. The highest BCUT2D eigenvalue weighted by atomic mass is 16.5. The zero-order chi connectivity index (χ0) is 19.4. The lowest BCUT2D eigenvalue weighted by Crippen LogP contribution is -2.45. The van der Waals surface area contributed by atoms with Gasteiger partial charge in [-0.05, 0) is 53.0 Å². The molecule has 1 fully saturated rings. The predicted octanol–water partition coefficient (Wildman–Crippen LogP) is 3.42. The monoisotopic (exact) mass is 362 g/mol. The van der Waals surface area contributed by atoms with Crippen LogP contribution < -0.4 is 0 Å². The second-order valence-corrected chi connectivity index (χ2v) is 6.99. The summed E-state index contributed by atoms with van der Waals surface area (Å²) in [4.78, 5) is 42.7. The maximum Gasteiger partial charge on any atom is 0.355 e. The first-order valence-corrected chi connectivity index (χ1v) is 9.54. The normalized spacial score (nSPS) is 15.7. The van der Waals surface area contributed by atoms with E-state index in [9.17, 15) is 14.4 Å². The number of aryl methyl sites for hydroxylation is 1. The van der Waals surface area contributed by atoms with Gasteiger partial charge < -0.3 is 14.6 Å². The van der Waals surface area contributed by atoms with Crippen molar-refractivity contribution in [3.8, 4) is 0 Å². The van der Waals surface area contributed by atoms with Crippen LogP contribution in [0.1, 0.15) is 78.6 Å². The number of carbonyl (C=O) groups is 3. The van der Waals surface area contributed by atoms with Crippen LogP contribution in [0.3, 0.4) is 0 Å². The Labute approximate surface area is 155 Å². The van der Waals surface area contributed by atoms with Crippen molar-refractivity contribution in [2.45, 2.75) is 66.3 Å². The number of esters is 1. The molecule has 26 heavy (non-hydrogen) atoms. The Morgan fingerprint density at radius 2 is 1.81 bits per heavy atom. The summed E-state index contributed by atoms with van der Waals surface area (Å²) in [5.41, 5.74) is 2.01. The van der Waals surface area contributed by atoms with Gasteiger partial charge in [-0.15, -0.1) is 0 Å². The lowest BCUT2D eigenvalue weighted by atomic mass is 9.98. The van der Waals surface area contributed by atoms with Gasteiger partial charge in [-0.3, -0.25) is 9.59 Å². The van der Waals surface area contributed by atoms with Crippen LogP contribution in [0.25, 0.3) is 0 Å². The average Bonchev–Trinajstić information content (AvgIpc) is 3.23. The highest BCUT2D eigenvalue weighted by Gasteiger charge is 2.34. The topological polar surface area (TPSA) is 79.5 Å². The van der Waals surface area contributed by atoms with Crippen LogP contribution in [0.15, 0.2) is 0 Å². The maximum atomic E-state index is 13.1. The molecule has 6 nitrogen and oxygen atoms in total. The summed E-state index contributed by atoms with van der Waals surface area (Å²) < 4.78 is 5.05. The molecule has 1 amide bonds. The van der Waals surface area contributed by atoms with Crippen molar-refractivity contribution in [2.24, 2.45) is 5.92 Å². The van der Waals surface area contributed by atoms with E-state index in [2.05, 4.69) is 4.98 Å². The fourth-order valence-electron chi connectivity index (χ4n) is 3.91. The van der Waals surface area contributed by atoms with Crippen LogP contribution >= 0.6 is 0 Å². The molecule has 0 aliphatic heterocycles. The minimum absolute atomic E-state index is 0.0358. The van der Waals surface area contributed by atoms with E-state index in [1.165, 1.54) is 0 Å². The zero-order valence-corrected chi connectivity index (χ0v) is 16.5. The molecule has 1 N–H and O–H groups in total. The molecule has 6 heteroatoms. The second kappa shape index (κ2) is 8.52. The molecule has 1 aliphatic rings. The Morgan fingerprint density at radius 3 is 2.35 bits per heavy atom. The first-order chi connectivity index (χ1) is 12.3. The largest absolute Gasteiger partial charge is 0.461 e. The lowest BCUT2D eigenvalue weighted by Gasteiger charge is -2.29. The van der Waals surface area contributed by atoms with Crippen LogP contribution in [0.4, 0.5) is 0 Å². The number of likely N-dealkylation sites (N-methyl/N-ethyl adjacent to an activating group) is 1. The van der Waals surface area contributed by atoms with Gasteiger partial charge in [0.15, 0.2) is 5.78 Å². The molecule has 0 unspecified atom stereocenters. The SMILES string of the molecule is CCOC(=O)c1[nH]c(C)c(C(=O)[C@H](C)N(CC)C(=O)C2CCCC2)c1C. The molecule has 1 heterocycles. The number of aromatic amines is 1. The summed E-state index contributed by atoms with van der Waals surface area (Å²) in [6.45, 7) is 9.69. The Bertz CT molecular complexity index is 686. The number of aromatic nitrogens is 1. The van der Waals surface area contributed by atoms with Crippen molar-refractivity contribution in [1.29, 1.82) is 0 Å². The van der Waals surface area contributed by atoms with E-state index in [1.807, 2.05) is 6.92 Å². The molecule has 0 saturated heterocycles. The molecule has 0 spiro atoms. The molecular weight excluding hydrogens is 332 g/mol. The van der Waals surface area contributed by atoms with E-state index in [1.54, 1.807) is 32.6 Å². The highest BCUT2D eigenvalue weighted by molar-refractivity contribution is 6.06. The van der Waals surface area contributed by atoms with Crippen molar-refractivity contribution in [1.82, 2.24) is 9.88 Å². The third-order valence-corrected chi connectivity index (χ3v) is 5.34. The van der Waals surface area contributed by atoms with E-state index in [0.717, 1.165) is 25.7 Å². The van der Waals surface area contributed by atoms with Crippen LogP contribution in [0.2, 0.25) is 0 Å². The van der Waals surface area contributed by atoms with Gasteiger partial charge in [-0.25, -0.2) is 4.79 Å². The van der Waals surface area contributed by atoms with Gasteiger partial charge in [0.2, 0.25) is 5.91 Å². The molecule has 1 saturated carbocycles. The number of hydrogen-bond donors (Lipinski definition) is 1. The minimum atomic E-state index is -0.559. The fourth-order valence-corrected chi connectivity index (χ4v) is 3.91. The number of H-pyrrole nitrogens is 1. The summed E-state index contributed by atoms with van der Waals surface area (Å²) in [7, 11) is 0. The quantitative estimate of drug-likeness (QED) is 0.595. The van der Waals surface area contributed by atoms with E-state index in [0.29, 0.717) is 29.1 Å². The summed E-state index contributed by atoms with van der Waals surface area (Å²) in [5.74, 6) is -0.495. The number of hydrogen-bond acceptors (Lipinski definition) is 4. The van der Waals surface area contributed by atoms with Crippen LogP contribution in [-0.4, -0.2) is 46.7 Å². The van der Waals surface area contributed by atoms with Crippen molar-refractivity contribution in [3.63, 3.8) is 0 Å². The van der Waals surface area contributed by atoms with Crippen molar-refractivity contribution in [2.75, 3.05) is 13.2 Å². The predicted molar refractivity (Wildman–Crippen MR) is 99.4 cm³/mol. The molecule has 144 valence electrons. The first kappa shape index (κ1) is 20.2. The smallest absolute Gasteiger partial charge is 0.355 e. The standard InChI is InChI=1S/C20H30N2O4/c1-6-22(19(24)15-10-8-9-11-15)14(5)18(23)16-12(3)17(21-13(16)4)20(25)26-7-2/h14-15,21H,6-11H2,1-5H3/t14-/m0/s1. The van der Waals surface area contributed by atoms with Gasteiger partial charge in [0, 0.05) is 23.7 Å². The summed E-state index contributed by atoms with van der Waals surface area (Å²) in [6, 6.07) is -0.559. The number of nitrogens with one attached hydrogen (secondary N) is 1. The van der Waals surface area contributed by atoms with Crippen LogP contribution in [-0.2, 0) is 9.53 Å². The molecule has 0 radical (unpaired) electrons. The van der Waals surface area contributed by atoms with Gasteiger partial charge in [-0.1, -0.05) is 12.8 Å². The Kier molecular flexibility index (Phi) is 6.62. The molecule has 1 aromatic rings. The van der Waals surface area contributed by atoms with E-state index in [-0.39, 0.29) is 24.2 Å². The number of amides is 1. The molecular formula is C20H30N2O4. The number of ketones is 1. The Hall–Kier alpha value is -2.11. The zero-order valence-electron chi connectivity index (χ0n) is 16.5. The first-order valence-electron chi connectivity index (χ1n) is 9.54. The lowest BCUT2D eigenvalue weighted by molar-refractivity contribution is -0.136. The summed E-state index contributed by atoms with van der Waals surface area (Å²) in [6.07, 6.45) is 3.97. The molecule has 1 aliphatic carbocycles. The van der Waals surface area contributed by atoms with Crippen molar-refractivity contribution in [3.05, 3.63) is 22.5 Å². The average molecular weight is 362 g/mol. The van der Waals surface area contributed by atoms with Gasteiger partial charge >= 0.3 is 5.97 Å². The van der Waals surface area contributed by atoms with Crippen LogP contribution in [0, 0.1) is 19.8 Å². The van der Waals surface area contributed by atoms with E-state index >= 15 is 0 Å². The molecule has 0 bridgehead atoms. The Morgan fingerprint density at radius 1 is 1.19 bits per heavy atom. The molecule has 2 rings (SSSR count). The summed E-state index contributed by atoms with van der Waals surface area (Å²) in [5, 5.41) is 0. The summed E-state index contributed by atoms with van der Waals surface area (Å²) >= 11 is 0.